The van der Waals surface area contributed by atoms with Crippen LogP contribution in [0.1, 0.15) is 25.1 Å². The van der Waals surface area contributed by atoms with Crippen molar-refractivity contribution in [1.29, 1.82) is 0 Å². The Morgan fingerprint density at radius 1 is 1.38 bits per heavy atom. The van der Waals surface area contributed by atoms with Gasteiger partial charge >= 0.3 is 0 Å². The van der Waals surface area contributed by atoms with E-state index in [2.05, 4.69) is 32.0 Å². The summed E-state index contributed by atoms with van der Waals surface area (Å²) in [6.07, 6.45) is 3.30. The fourth-order valence-corrected chi connectivity index (χ4v) is 4.24. The summed E-state index contributed by atoms with van der Waals surface area (Å²) in [5, 5.41) is 10.2. The molecule has 0 bridgehead atoms. The first-order chi connectivity index (χ1) is 10.2. The van der Waals surface area contributed by atoms with Gasteiger partial charge in [0.15, 0.2) is 0 Å². The highest BCUT2D eigenvalue weighted by molar-refractivity contribution is 7.16. The maximum Gasteiger partial charge on any atom is 0.138 e. The molecule has 0 amide bonds. The molecule has 0 saturated carbocycles. The Bertz CT molecular complexity index is 650. The number of piperidine rings is 1. The van der Waals surface area contributed by atoms with E-state index in [0.29, 0.717) is 6.04 Å². The predicted octanol–water partition coefficient (Wildman–Crippen LogP) is 2.32. The Morgan fingerprint density at radius 3 is 3.10 bits per heavy atom. The number of nitrogens with zero attached hydrogens (tertiary/aromatic N) is 2. The number of ether oxygens (including phenoxy) is 1. The van der Waals surface area contributed by atoms with E-state index in [-0.39, 0.29) is 5.60 Å². The highest BCUT2D eigenvalue weighted by Gasteiger charge is 2.41. The lowest BCUT2D eigenvalue weighted by Gasteiger charge is -2.32. The lowest BCUT2D eigenvalue weighted by atomic mass is 9.88. The van der Waals surface area contributed by atoms with E-state index in [1.807, 2.05) is 6.92 Å². The number of rotatable bonds is 2. The second kappa shape index (κ2) is 5.19. The summed E-state index contributed by atoms with van der Waals surface area (Å²) in [6.45, 7) is 4.85. The van der Waals surface area contributed by atoms with Crippen LogP contribution in [-0.2, 0) is 4.74 Å². The molecule has 0 radical (unpaired) electrons. The van der Waals surface area contributed by atoms with Crippen LogP contribution >= 0.6 is 11.3 Å². The van der Waals surface area contributed by atoms with Crippen LogP contribution in [0.25, 0.3) is 10.2 Å². The second-order valence-electron chi connectivity index (χ2n) is 6.05. The standard InChI is InChI=1S/C15H20N4OS/c1-10-17-13(12-2-7-21-14(12)18-10)19-11-8-15(20-9-11)3-5-16-6-4-15/h2,7,11,16H,3-6,8-9H2,1H3,(H,17,18,19)/t11-/m1/s1. The lowest BCUT2D eigenvalue weighted by molar-refractivity contribution is -0.0192. The highest BCUT2D eigenvalue weighted by Crippen LogP contribution is 2.36. The van der Waals surface area contributed by atoms with E-state index >= 15 is 0 Å². The molecule has 1 atom stereocenters. The molecular formula is C15H20N4OS. The zero-order valence-electron chi connectivity index (χ0n) is 12.2. The molecule has 4 rings (SSSR count). The number of aryl methyl sites for hydroxylation is 1. The smallest absolute Gasteiger partial charge is 0.138 e. The summed E-state index contributed by atoms with van der Waals surface area (Å²) in [7, 11) is 0. The predicted molar refractivity (Wildman–Crippen MR) is 85.0 cm³/mol. The average molecular weight is 304 g/mol. The van der Waals surface area contributed by atoms with Crippen LogP contribution in [0.3, 0.4) is 0 Å². The molecule has 2 aromatic heterocycles. The Balaban J connectivity index is 1.54. The van der Waals surface area contributed by atoms with Crippen LogP contribution in [-0.4, -0.2) is 41.3 Å². The van der Waals surface area contributed by atoms with Gasteiger partial charge < -0.3 is 15.4 Å². The Hall–Kier alpha value is -1.24. The number of nitrogens with one attached hydrogen (secondary N) is 2. The van der Waals surface area contributed by atoms with Crippen LogP contribution in [0.5, 0.6) is 0 Å². The molecule has 0 unspecified atom stereocenters. The molecule has 2 fully saturated rings. The van der Waals surface area contributed by atoms with Crippen LogP contribution in [0.2, 0.25) is 0 Å². The van der Waals surface area contributed by atoms with Crippen LogP contribution in [0, 0.1) is 6.92 Å². The van der Waals surface area contributed by atoms with Gasteiger partial charge in [0.1, 0.15) is 16.5 Å². The van der Waals surface area contributed by atoms with Gasteiger partial charge in [0, 0.05) is 0 Å². The summed E-state index contributed by atoms with van der Waals surface area (Å²) in [4.78, 5) is 10.1. The molecule has 2 aliphatic heterocycles. The Morgan fingerprint density at radius 2 is 2.24 bits per heavy atom. The zero-order chi connectivity index (χ0) is 14.3. The van der Waals surface area contributed by atoms with Gasteiger partial charge in [-0.05, 0) is 50.7 Å². The SMILES string of the molecule is Cc1nc(N[C@H]2COC3(CCNCC3)C2)c2ccsc2n1. The fourth-order valence-electron chi connectivity index (χ4n) is 3.43. The van der Waals surface area contributed by atoms with Gasteiger partial charge in [-0.2, -0.15) is 0 Å². The first kappa shape index (κ1) is 13.4. The minimum absolute atomic E-state index is 0.0821. The van der Waals surface area contributed by atoms with E-state index in [1.54, 1.807) is 11.3 Å². The maximum atomic E-state index is 6.15. The van der Waals surface area contributed by atoms with Gasteiger partial charge in [-0.1, -0.05) is 0 Å². The molecule has 2 aromatic rings. The average Bonchev–Trinajstić information content (AvgIpc) is 3.07. The maximum absolute atomic E-state index is 6.15. The van der Waals surface area contributed by atoms with E-state index < -0.39 is 0 Å². The van der Waals surface area contributed by atoms with Gasteiger partial charge in [-0.15, -0.1) is 11.3 Å². The molecular weight excluding hydrogens is 284 g/mol. The van der Waals surface area contributed by atoms with Gasteiger partial charge in [-0.25, -0.2) is 9.97 Å². The third-order valence-electron chi connectivity index (χ3n) is 4.50. The van der Waals surface area contributed by atoms with Crippen LogP contribution < -0.4 is 10.6 Å². The largest absolute Gasteiger partial charge is 0.373 e. The molecule has 2 N–H and O–H groups in total. The molecule has 2 saturated heterocycles. The highest BCUT2D eigenvalue weighted by atomic mass is 32.1. The lowest BCUT2D eigenvalue weighted by Crippen LogP contribution is -2.41. The summed E-state index contributed by atoms with van der Waals surface area (Å²) >= 11 is 1.66. The monoisotopic (exact) mass is 304 g/mol. The van der Waals surface area contributed by atoms with Gasteiger partial charge in [-0.3, -0.25) is 0 Å². The number of fused-ring (bicyclic) bond motifs is 1. The minimum Gasteiger partial charge on any atom is -0.373 e. The van der Waals surface area contributed by atoms with Crippen molar-refractivity contribution >= 4 is 27.4 Å². The molecule has 0 aromatic carbocycles. The fraction of sp³-hybridized carbons (Fsp3) is 0.600. The Kier molecular flexibility index (Phi) is 3.32. The van der Waals surface area contributed by atoms with Crippen molar-refractivity contribution < 1.29 is 4.74 Å². The summed E-state index contributed by atoms with van der Waals surface area (Å²) in [5.41, 5.74) is 0.0821. The van der Waals surface area contributed by atoms with Crippen molar-refractivity contribution in [2.75, 3.05) is 25.0 Å². The van der Waals surface area contributed by atoms with E-state index in [9.17, 15) is 0 Å². The van der Waals surface area contributed by atoms with Crippen molar-refractivity contribution in [2.24, 2.45) is 0 Å². The third-order valence-corrected chi connectivity index (χ3v) is 5.31. The van der Waals surface area contributed by atoms with Crippen molar-refractivity contribution in [1.82, 2.24) is 15.3 Å². The summed E-state index contributed by atoms with van der Waals surface area (Å²) < 4.78 is 6.15. The van der Waals surface area contributed by atoms with Crippen molar-refractivity contribution in [2.45, 2.75) is 37.8 Å². The molecule has 112 valence electrons. The van der Waals surface area contributed by atoms with E-state index in [1.165, 1.54) is 0 Å². The third kappa shape index (κ3) is 2.52. The van der Waals surface area contributed by atoms with Gasteiger partial charge in [0.2, 0.25) is 0 Å². The van der Waals surface area contributed by atoms with E-state index in [0.717, 1.165) is 60.8 Å². The van der Waals surface area contributed by atoms with Crippen molar-refractivity contribution in [3.63, 3.8) is 0 Å². The first-order valence-corrected chi connectivity index (χ1v) is 8.45. The zero-order valence-corrected chi connectivity index (χ0v) is 13.0. The van der Waals surface area contributed by atoms with Crippen LogP contribution in [0.15, 0.2) is 11.4 Å². The second-order valence-corrected chi connectivity index (χ2v) is 6.94. The topological polar surface area (TPSA) is 59.1 Å². The van der Waals surface area contributed by atoms with E-state index in [4.69, 9.17) is 4.74 Å². The Labute approximate surface area is 128 Å². The van der Waals surface area contributed by atoms with Crippen molar-refractivity contribution in [3.8, 4) is 0 Å². The number of thiophene rings is 1. The number of hydrogen-bond donors (Lipinski definition) is 2. The van der Waals surface area contributed by atoms with Crippen molar-refractivity contribution in [3.05, 3.63) is 17.3 Å². The molecule has 4 heterocycles. The number of hydrogen-bond acceptors (Lipinski definition) is 6. The summed E-state index contributed by atoms with van der Waals surface area (Å²) in [5.74, 6) is 1.78. The first-order valence-electron chi connectivity index (χ1n) is 7.57. The van der Waals surface area contributed by atoms with Crippen LogP contribution in [0.4, 0.5) is 5.82 Å². The molecule has 6 heteroatoms. The minimum atomic E-state index is 0.0821. The molecule has 5 nitrogen and oxygen atoms in total. The number of anilines is 1. The number of aromatic nitrogens is 2. The van der Waals surface area contributed by atoms with Gasteiger partial charge in [0.25, 0.3) is 0 Å². The molecule has 0 aliphatic carbocycles. The molecule has 21 heavy (non-hydrogen) atoms. The summed E-state index contributed by atoms with van der Waals surface area (Å²) in [6, 6.07) is 2.44. The normalized spacial score (nSPS) is 24.7. The molecule has 1 spiro atoms. The quantitative estimate of drug-likeness (QED) is 0.892. The van der Waals surface area contributed by atoms with Gasteiger partial charge in [0.05, 0.1) is 23.6 Å². The molecule has 2 aliphatic rings.